The number of halogens is 4. The van der Waals surface area contributed by atoms with Crippen LogP contribution in [0.1, 0.15) is 5.56 Å². The van der Waals surface area contributed by atoms with E-state index >= 15 is 0 Å². The molecule has 1 nitrogen and oxygen atoms in total. The van der Waals surface area contributed by atoms with Crippen LogP contribution in [0.3, 0.4) is 0 Å². The molecule has 2 aromatic rings. The van der Waals surface area contributed by atoms with Gasteiger partial charge >= 0.3 is 0 Å². The van der Waals surface area contributed by atoms with E-state index in [1.54, 1.807) is 18.2 Å². The Bertz CT molecular complexity index is 555. The number of benzene rings is 2. The lowest BCUT2D eigenvalue weighted by Crippen LogP contribution is -2.04. The predicted octanol–water partition coefficient (Wildman–Crippen LogP) is 4.99. The summed E-state index contributed by atoms with van der Waals surface area (Å²) in [6, 6.07) is 8.98. The van der Waals surface area contributed by atoms with Gasteiger partial charge in [-0.15, -0.1) is 0 Å². The number of anilines is 1. The highest BCUT2D eigenvalue weighted by Gasteiger charge is 2.08. The third kappa shape index (κ3) is 3.00. The molecular formula is C13H9BrClF2N. The lowest BCUT2D eigenvalue weighted by Gasteiger charge is -2.10. The summed E-state index contributed by atoms with van der Waals surface area (Å²) in [7, 11) is 0. The van der Waals surface area contributed by atoms with Crippen molar-refractivity contribution in [3.05, 3.63) is 63.1 Å². The standard InChI is InChI=1S/C13H9BrClF2N/c14-9-4-5-11(16)8(6-9)7-18-13-10(15)2-1-3-12(13)17/h1-6,18H,7H2. The molecule has 0 heterocycles. The molecule has 0 radical (unpaired) electrons. The van der Waals surface area contributed by atoms with Crippen LogP contribution in [0.5, 0.6) is 0 Å². The zero-order valence-corrected chi connectivity index (χ0v) is 11.5. The average molecular weight is 333 g/mol. The van der Waals surface area contributed by atoms with E-state index in [4.69, 9.17) is 11.6 Å². The number of nitrogens with one attached hydrogen (secondary N) is 1. The second kappa shape index (κ2) is 5.67. The van der Waals surface area contributed by atoms with Crippen LogP contribution in [0.2, 0.25) is 5.02 Å². The average Bonchev–Trinajstić information content (AvgIpc) is 2.33. The second-order valence-electron chi connectivity index (χ2n) is 3.69. The Morgan fingerprint density at radius 1 is 1.11 bits per heavy atom. The lowest BCUT2D eigenvalue weighted by atomic mass is 10.2. The molecule has 0 saturated carbocycles. The van der Waals surface area contributed by atoms with Crippen molar-refractivity contribution in [2.45, 2.75) is 6.54 Å². The molecule has 94 valence electrons. The van der Waals surface area contributed by atoms with Crippen LogP contribution in [0, 0.1) is 11.6 Å². The Morgan fingerprint density at radius 2 is 1.89 bits per heavy atom. The minimum absolute atomic E-state index is 0.159. The SMILES string of the molecule is Fc1ccc(Br)cc1CNc1c(F)cccc1Cl. The first-order valence-corrected chi connectivity index (χ1v) is 6.37. The van der Waals surface area contributed by atoms with E-state index in [1.165, 1.54) is 18.2 Å². The van der Waals surface area contributed by atoms with Crippen molar-refractivity contribution in [3.8, 4) is 0 Å². The Kier molecular flexibility index (Phi) is 4.19. The zero-order chi connectivity index (χ0) is 13.1. The third-order valence-corrected chi connectivity index (χ3v) is 3.23. The Hall–Kier alpha value is -1.13. The van der Waals surface area contributed by atoms with Crippen LogP contribution < -0.4 is 5.32 Å². The second-order valence-corrected chi connectivity index (χ2v) is 5.01. The number of hydrogen-bond donors (Lipinski definition) is 1. The first kappa shape index (κ1) is 13.3. The van der Waals surface area contributed by atoms with Crippen molar-refractivity contribution in [2.24, 2.45) is 0 Å². The molecule has 5 heteroatoms. The molecule has 2 aromatic carbocycles. The topological polar surface area (TPSA) is 12.0 Å². The van der Waals surface area contributed by atoms with E-state index in [1.807, 2.05) is 0 Å². The van der Waals surface area contributed by atoms with E-state index in [0.29, 0.717) is 5.56 Å². The smallest absolute Gasteiger partial charge is 0.147 e. The van der Waals surface area contributed by atoms with Gasteiger partial charge in [-0.25, -0.2) is 8.78 Å². The number of hydrogen-bond acceptors (Lipinski definition) is 1. The molecule has 0 spiro atoms. The summed E-state index contributed by atoms with van der Waals surface area (Å²) in [6.45, 7) is 0.159. The van der Waals surface area contributed by atoms with E-state index < -0.39 is 5.82 Å². The molecule has 0 aliphatic carbocycles. The molecule has 0 bridgehead atoms. The third-order valence-electron chi connectivity index (χ3n) is 2.43. The summed E-state index contributed by atoms with van der Waals surface area (Å²) in [5, 5.41) is 3.07. The van der Waals surface area contributed by atoms with Crippen LogP contribution in [-0.2, 0) is 6.54 Å². The molecule has 0 aliphatic heterocycles. The van der Waals surface area contributed by atoms with E-state index in [2.05, 4.69) is 21.2 Å². The van der Waals surface area contributed by atoms with Crippen LogP contribution in [-0.4, -0.2) is 0 Å². The minimum atomic E-state index is -0.460. The molecule has 2 rings (SSSR count). The first-order valence-electron chi connectivity index (χ1n) is 5.20. The van der Waals surface area contributed by atoms with Gasteiger partial charge in [0.25, 0.3) is 0 Å². The summed E-state index contributed by atoms with van der Waals surface area (Å²) in [5.74, 6) is -0.809. The van der Waals surface area contributed by atoms with Gasteiger partial charge in [-0.3, -0.25) is 0 Å². The maximum atomic E-state index is 13.5. The normalized spacial score (nSPS) is 10.4. The molecule has 0 aliphatic rings. The summed E-state index contributed by atoms with van der Waals surface area (Å²) in [4.78, 5) is 0. The molecule has 0 saturated heterocycles. The molecule has 0 atom stereocenters. The number of rotatable bonds is 3. The highest BCUT2D eigenvalue weighted by Crippen LogP contribution is 2.25. The molecule has 0 unspecified atom stereocenters. The van der Waals surface area contributed by atoms with Gasteiger partial charge in [0.1, 0.15) is 11.6 Å². The van der Waals surface area contributed by atoms with Gasteiger partial charge in [-0.2, -0.15) is 0 Å². The van der Waals surface area contributed by atoms with Crippen molar-refractivity contribution < 1.29 is 8.78 Å². The van der Waals surface area contributed by atoms with Gasteiger partial charge in [0, 0.05) is 16.6 Å². The number of para-hydroxylation sites is 1. The Labute approximate surface area is 117 Å². The van der Waals surface area contributed by atoms with Crippen LogP contribution in [0.15, 0.2) is 40.9 Å². The molecule has 1 N–H and O–H groups in total. The van der Waals surface area contributed by atoms with Crippen molar-refractivity contribution in [2.75, 3.05) is 5.32 Å². The maximum Gasteiger partial charge on any atom is 0.147 e. The Balaban J connectivity index is 2.19. The summed E-state index contributed by atoms with van der Waals surface area (Å²) >= 11 is 9.12. The van der Waals surface area contributed by atoms with Crippen molar-refractivity contribution >= 4 is 33.2 Å². The summed E-state index contributed by atoms with van der Waals surface area (Å²) in [5.41, 5.74) is 0.613. The fraction of sp³-hybridized carbons (Fsp3) is 0.0769. The van der Waals surface area contributed by atoms with Gasteiger partial charge in [-0.05, 0) is 30.3 Å². The monoisotopic (exact) mass is 331 g/mol. The van der Waals surface area contributed by atoms with E-state index in [-0.39, 0.29) is 23.1 Å². The predicted molar refractivity (Wildman–Crippen MR) is 72.8 cm³/mol. The summed E-state index contributed by atoms with van der Waals surface area (Å²) < 4.78 is 27.7. The molecule has 0 amide bonds. The lowest BCUT2D eigenvalue weighted by molar-refractivity contribution is 0.610. The van der Waals surface area contributed by atoms with Crippen molar-refractivity contribution in [1.82, 2.24) is 0 Å². The minimum Gasteiger partial charge on any atom is -0.377 e. The van der Waals surface area contributed by atoms with Gasteiger partial charge in [0.05, 0.1) is 10.7 Å². The largest absolute Gasteiger partial charge is 0.377 e. The van der Waals surface area contributed by atoms with Crippen molar-refractivity contribution in [1.29, 1.82) is 0 Å². The maximum absolute atomic E-state index is 13.5. The zero-order valence-electron chi connectivity index (χ0n) is 9.18. The van der Waals surface area contributed by atoms with Crippen molar-refractivity contribution in [3.63, 3.8) is 0 Å². The summed E-state index contributed by atoms with van der Waals surface area (Å²) in [6.07, 6.45) is 0. The molecule has 0 fully saturated rings. The van der Waals surface area contributed by atoms with Crippen LogP contribution in [0.25, 0.3) is 0 Å². The fourth-order valence-electron chi connectivity index (χ4n) is 1.53. The van der Waals surface area contributed by atoms with Gasteiger partial charge < -0.3 is 5.32 Å². The van der Waals surface area contributed by atoms with Gasteiger partial charge in [0.2, 0.25) is 0 Å². The van der Waals surface area contributed by atoms with Crippen LogP contribution >= 0.6 is 27.5 Å². The quantitative estimate of drug-likeness (QED) is 0.834. The van der Waals surface area contributed by atoms with Gasteiger partial charge in [0.15, 0.2) is 0 Å². The fourth-order valence-corrected chi connectivity index (χ4v) is 2.17. The first-order chi connectivity index (χ1) is 8.58. The molecular weight excluding hydrogens is 324 g/mol. The molecule has 0 aromatic heterocycles. The van der Waals surface area contributed by atoms with Crippen LogP contribution in [0.4, 0.5) is 14.5 Å². The van der Waals surface area contributed by atoms with E-state index in [0.717, 1.165) is 4.47 Å². The Morgan fingerprint density at radius 3 is 2.61 bits per heavy atom. The van der Waals surface area contributed by atoms with Gasteiger partial charge in [-0.1, -0.05) is 33.6 Å². The highest BCUT2D eigenvalue weighted by atomic mass is 79.9. The molecule has 18 heavy (non-hydrogen) atoms. The van der Waals surface area contributed by atoms with E-state index in [9.17, 15) is 8.78 Å². The highest BCUT2D eigenvalue weighted by molar-refractivity contribution is 9.10.